The summed E-state index contributed by atoms with van der Waals surface area (Å²) in [5.74, 6) is -0.698. The number of hydrogen-bond acceptors (Lipinski definition) is 16. The Labute approximate surface area is 308 Å². The minimum atomic E-state index is -4.26. The SMILES string of the molecule is C=C(/N=C(OCCOC(=O)OCCCCCCON(O)O)\C(Oc1ccccc1OC)=C(/N)NS(=O)(=O)c1ccc(C(C)(C)C)cc1)c1ncccn1. The van der Waals surface area contributed by atoms with Crippen molar-refractivity contribution in [1.29, 1.82) is 0 Å². The number of benzene rings is 2. The van der Waals surface area contributed by atoms with Crippen LogP contribution in [0, 0.1) is 0 Å². The molecule has 17 nitrogen and oxygen atoms in total. The van der Waals surface area contributed by atoms with Gasteiger partial charge in [-0.15, -0.1) is 0 Å². The van der Waals surface area contributed by atoms with Crippen molar-refractivity contribution in [3.8, 4) is 11.5 Å². The largest absolute Gasteiger partial charge is 0.508 e. The van der Waals surface area contributed by atoms with Crippen molar-refractivity contribution in [2.24, 2.45) is 10.7 Å². The van der Waals surface area contributed by atoms with Gasteiger partial charge in [0, 0.05) is 12.4 Å². The zero-order chi connectivity index (χ0) is 38.9. The number of para-hydroxylation sites is 2. The fraction of sp³-hybridized carbons (Fsp3) is 0.371. The molecule has 0 saturated carbocycles. The number of nitrogens with zero attached hydrogens (tertiary/aromatic N) is 4. The molecule has 18 heteroatoms. The minimum Gasteiger partial charge on any atom is -0.493 e. The van der Waals surface area contributed by atoms with Gasteiger partial charge >= 0.3 is 6.16 Å². The van der Waals surface area contributed by atoms with E-state index < -0.39 is 22.0 Å². The molecule has 2 aromatic carbocycles. The van der Waals surface area contributed by atoms with Gasteiger partial charge in [-0.3, -0.25) is 20.0 Å². The van der Waals surface area contributed by atoms with Gasteiger partial charge in [0.25, 0.3) is 15.9 Å². The minimum absolute atomic E-state index is 0.00657. The van der Waals surface area contributed by atoms with Gasteiger partial charge in [0.2, 0.25) is 5.76 Å². The van der Waals surface area contributed by atoms with Crippen LogP contribution in [0.25, 0.3) is 5.70 Å². The van der Waals surface area contributed by atoms with Crippen molar-refractivity contribution in [3.05, 3.63) is 96.5 Å². The van der Waals surface area contributed by atoms with Crippen LogP contribution >= 0.6 is 0 Å². The highest BCUT2D eigenvalue weighted by molar-refractivity contribution is 7.89. The van der Waals surface area contributed by atoms with Crippen LogP contribution in [0.5, 0.6) is 11.5 Å². The summed E-state index contributed by atoms with van der Waals surface area (Å²) in [6, 6.07) is 14.5. The third kappa shape index (κ3) is 14.3. The summed E-state index contributed by atoms with van der Waals surface area (Å²) < 4.78 is 57.1. The van der Waals surface area contributed by atoms with Crippen LogP contribution in [-0.4, -0.2) is 79.8 Å². The summed E-state index contributed by atoms with van der Waals surface area (Å²) in [6.07, 6.45) is 4.52. The Morgan fingerprint density at radius 1 is 0.887 bits per heavy atom. The molecule has 1 aromatic heterocycles. The summed E-state index contributed by atoms with van der Waals surface area (Å²) in [5.41, 5.74) is 7.16. The highest BCUT2D eigenvalue weighted by atomic mass is 32.2. The molecule has 0 spiro atoms. The molecule has 3 rings (SSSR count). The Kier molecular flexibility index (Phi) is 16.5. The second-order valence-electron chi connectivity index (χ2n) is 12.1. The zero-order valence-corrected chi connectivity index (χ0v) is 30.9. The molecule has 0 aliphatic rings. The number of sulfonamides is 1. The smallest absolute Gasteiger partial charge is 0.493 e. The molecule has 3 aromatic rings. The maximum Gasteiger partial charge on any atom is 0.508 e. The first-order valence-electron chi connectivity index (χ1n) is 16.4. The predicted octanol–water partition coefficient (Wildman–Crippen LogP) is 5.08. The summed E-state index contributed by atoms with van der Waals surface area (Å²) in [4.78, 5) is 29.3. The molecule has 0 fully saturated rings. The van der Waals surface area contributed by atoms with Crippen molar-refractivity contribution in [2.75, 3.05) is 33.5 Å². The molecular weight excluding hydrogens is 712 g/mol. The molecule has 0 unspecified atom stereocenters. The number of ether oxygens (including phenoxy) is 5. The highest BCUT2D eigenvalue weighted by Gasteiger charge is 2.25. The fourth-order valence-electron chi connectivity index (χ4n) is 4.34. The van der Waals surface area contributed by atoms with Gasteiger partial charge in [0.05, 0.1) is 30.6 Å². The molecule has 0 bridgehead atoms. The van der Waals surface area contributed by atoms with E-state index in [0.717, 1.165) is 5.56 Å². The standard InChI is InChI=1S/C35H46N6O11S/c1-25(32-37-19-12-20-38-32)39-33(48-23-24-50-34(42)49-21-10-6-7-11-22-51-41(43)44)30(52-29-14-9-8-13-28(29)47-5)31(36)40-53(45,46)27-17-15-26(16-18-27)35(2,3)4/h8-9,12-20,40,43-44H,1,6-7,10-11,21-24,36H2,2-5H3/b31-30-,39-33+. The Hall–Kier alpha value is -5.27. The molecule has 0 saturated heterocycles. The number of nitrogens with two attached hydrogens (primary N) is 1. The van der Waals surface area contributed by atoms with Crippen LogP contribution in [0.1, 0.15) is 57.8 Å². The van der Waals surface area contributed by atoms with Crippen LogP contribution in [0.2, 0.25) is 0 Å². The van der Waals surface area contributed by atoms with Gasteiger partial charge in [-0.2, -0.15) is 0 Å². The lowest BCUT2D eigenvalue weighted by Crippen LogP contribution is -2.33. The van der Waals surface area contributed by atoms with Crippen molar-refractivity contribution in [3.63, 3.8) is 0 Å². The van der Waals surface area contributed by atoms with Crippen LogP contribution in [0.3, 0.4) is 0 Å². The molecule has 0 radical (unpaired) electrons. The lowest BCUT2D eigenvalue weighted by Gasteiger charge is -2.20. The van der Waals surface area contributed by atoms with Crippen molar-refractivity contribution in [2.45, 2.75) is 56.8 Å². The van der Waals surface area contributed by atoms with E-state index in [0.29, 0.717) is 25.7 Å². The van der Waals surface area contributed by atoms with Crippen LogP contribution in [-0.2, 0) is 34.5 Å². The Bertz CT molecular complexity index is 1800. The molecular formula is C35H46N6O11S. The lowest BCUT2D eigenvalue weighted by molar-refractivity contribution is -0.492. The normalized spacial score (nSPS) is 12.5. The number of carbonyl (C=O) groups is 1. The van der Waals surface area contributed by atoms with E-state index >= 15 is 0 Å². The summed E-state index contributed by atoms with van der Waals surface area (Å²) in [5, 5.41) is 16.7. The predicted molar refractivity (Wildman–Crippen MR) is 192 cm³/mol. The van der Waals surface area contributed by atoms with E-state index in [9.17, 15) is 13.2 Å². The topological polar surface area (TPSA) is 226 Å². The van der Waals surface area contributed by atoms with Gasteiger partial charge in [-0.05, 0) is 60.6 Å². The molecule has 0 aliphatic carbocycles. The van der Waals surface area contributed by atoms with E-state index in [1.54, 1.807) is 42.5 Å². The van der Waals surface area contributed by atoms with E-state index in [1.165, 1.54) is 31.6 Å². The van der Waals surface area contributed by atoms with E-state index in [-0.39, 0.29) is 76.8 Å². The molecule has 0 aliphatic heterocycles. The maximum absolute atomic E-state index is 13.6. The quantitative estimate of drug-likeness (QED) is 0.0294. The van der Waals surface area contributed by atoms with Gasteiger partial charge in [-0.1, -0.05) is 58.0 Å². The zero-order valence-electron chi connectivity index (χ0n) is 30.1. The van der Waals surface area contributed by atoms with Crippen molar-refractivity contribution < 1.29 is 52.1 Å². The molecule has 5 N–H and O–H groups in total. The second-order valence-corrected chi connectivity index (χ2v) is 13.8. The number of aliphatic imine (C=N–C) groups is 1. The number of aromatic nitrogens is 2. The number of methoxy groups -OCH3 is 1. The monoisotopic (exact) mass is 758 g/mol. The maximum atomic E-state index is 13.6. The molecule has 0 atom stereocenters. The first kappa shape index (κ1) is 42.1. The number of rotatable bonds is 20. The third-order valence-electron chi connectivity index (χ3n) is 7.06. The summed E-state index contributed by atoms with van der Waals surface area (Å²) >= 11 is 0. The molecule has 0 amide bonds. The number of nitrogens with one attached hydrogen (secondary N) is 1. The summed E-state index contributed by atoms with van der Waals surface area (Å²) in [6.45, 7) is 9.53. The van der Waals surface area contributed by atoms with Gasteiger partial charge in [-0.25, -0.2) is 28.2 Å². The number of carbonyl (C=O) groups excluding carboxylic acids is 1. The lowest BCUT2D eigenvalue weighted by atomic mass is 9.87. The van der Waals surface area contributed by atoms with Gasteiger partial charge in [0.15, 0.2) is 23.1 Å². The summed E-state index contributed by atoms with van der Waals surface area (Å²) in [7, 11) is -2.84. The van der Waals surface area contributed by atoms with Gasteiger partial charge < -0.3 is 29.4 Å². The highest BCUT2D eigenvalue weighted by Crippen LogP contribution is 2.29. The Morgan fingerprint density at radius 3 is 2.11 bits per heavy atom. The van der Waals surface area contributed by atoms with E-state index in [2.05, 4.69) is 31.1 Å². The fourth-order valence-corrected chi connectivity index (χ4v) is 5.34. The third-order valence-corrected chi connectivity index (χ3v) is 8.44. The van der Waals surface area contributed by atoms with Gasteiger partial charge in [0.1, 0.15) is 18.9 Å². The first-order chi connectivity index (χ1) is 25.2. The van der Waals surface area contributed by atoms with Crippen LogP contribution < -0.4 is 19.9 Å². The first-order valence-corrected chi connectivity index (χ1v) is 17.9. The average Bonchev–Trinajstić information content (AvgIpc) is 3.12. The van der Waals surface area contributed by atoms with Crippen LogP contribution in [0.4, 0.5) is 4.79 Å². The molecule has 1 heterocycles. The van der Waals surface area contributed by atoms with E-state index in [4.69, 9.17) is 39.8 Å². The van der Waals surface area contributed by atoms with Crippen molar-refractivity contribution in [1.82, 2.24) is 20.1 Å². The Balaban J connectivity index is 1.85. The van der Waals surface area contributed by atoms with Crippen LogP contribution in [0.15, 0.2) is 95.0 Å². The molecule has 53 heavy (non-hydrogen) atoms. The second kappa shape index (κ2) is 20.7. The molecule has 288 valence electrons. The van der Waals surface area contributed by atoms with Crippen molar-refractivity contribution >= 4 is 27.8 Å². The average molecular weight is 759 g/mol. The number of unbranched alkanes of at least 4 members (excludes halogenated alkanes) is 3. The Morgan fingerprint density at radius 2 is 1.49 bits per heavy atom. The van der Waals surface area contributed by atoms with E-state index in [1.807, 2.05) is 20.8 Å². The number of hydrogen-bond donors (Lipinski definition) is 4.